The first-order valence-corrected chi connectivity index (χ1v) is 13.3. The Hall–Kier alpha value is -1.96. The molecule has 3 nitrogen and oxygen atoms in total. The lowest BCUT2D eigenvalue weighted by Gasteiger charge is -2.17. The smallest absolute Gasteiger partial charge is 0.266 e. The van der Waals surface area contributed by atoms with Gasteiger partial charge in [0.2, 0.25) is 0 Å². The Bertz CT molecular complexity index is 1250. The molecule has 1 saturated heterocycles. The highest BCUT2D eigenvalue weighted by molar-refractivity contribution is 9.10. The van der Waals surface area contributed by atoms with Crippen molar-refractivity contribution in [2.75, 3.05) is 6.54 Å². The van der Waals surface area contributed by atoms with Crippen molar-refractivity contribution in [3.05, 3.63) is 75.0 Å². The number of thioether (sulfide) groups is 1. The van der Waals surface area contributed by atoms with Crippen LogP contribution in [-0.4, -0.2) is 26.2 Å². The quantitative estimate of drug-likeness (QED) is 0.240. The fraction of sp³-hybridized carbons (Fsp3) is 0.308. The first-order valence-electron chi connectivity index (χ1n) is 11.3. The Morgan fingerprint density at radius 2 is 1.91 bits per heavy atom. The van der Waals surface area contributed by atoms with Gasteiger partial charge in [-0.15, -0.1) is 0 Å². The standard InChI is InChI=1S/C26H24BrFN2OS2/c27-20-7-10-23-22(14-20)19(16-29(23)15-18-5-8-21(28)9-6-18)13-24-25(31)30(26(32)33-24)12-11-17-3-1-2-4-17/h5-10,13-14,16-17H,1-4,11-12,15H2/b24-13-. The van der Waals surface area contributed by atoms with Gasteiger partial charge in [-0.3, -0.25) is 9.69 Å². The fourth-order valence-electron chi connectivity index (χ4n) is 4.77. The molecule has 170 valence electrons. The topological polar surface area (TPSA) is 25.2 Å². The predicted octanol–water partition coefficient (Wildman–Crippen LogP) is 7.37. The van der Waals surface area contributed by atoms with Crippen LogP contribution in [0.1, 0.15) is 43.2 Å². The van der Waals surface area contributed by atoms with E-state index in [2.05, 4.69) is 38.8 Å². The lowest BCUT2D eigenvalue weighted by molar-refractivity contribution is -0.122. The van der Waals surface area contributed by atoms with Gasteiger partial charge in [0, 0.05) is 40.2 Å². The molecule has 1 saturated carbocycles. The monoisotopic (exact) mass is 542 g/mol. The molecule has 3 aromatic rings. The summed E-state index contributed by atoms with van der Waals surface area (Å²) in [7, 11) is 0. The summed E-state index contributed by atoms with van der Waals surface area (Å²) < 4.78 is 17.1. The van der Waals surface area contributed by atoms with Crippen LogP contribution in [0.5, 0.6) is 0 Å². The normalized spacial score (nSPS) is 18.4. The van der Waals surface area contributed by atoms with Gasteiger partial charge in [0.1, 0.15) is 10.1 Å². The molecule has 1 aliphatic carbocycles. The second-order valence-electron chi connectivity index (χ2n) is 8.77. The SMILES string of the molecule is O=C1/C(=C/c2cn(Cc3ccc(F)cc3)c3ccc(Br)cc23)SC(=S)N1CCC1CCCC1. The van der Waals surface area contributed by atoms with Gasteiger partial charge in [0.15, 0.2) is 0 Å². The number of carbonyl (C=O) groups excluding carboxylic acids is 1. The number of aromatic nitrogens is 1. The summed E-state index contributed by atoms with van der Waals surface area (Å²) in [5, 5.41) is 1.06. The summed E-state index contributed by atoms with van der Waals surface area (Å²) in [4.78, 5) is 15.6. The van der Waals surface area contributed by atoms with Gasteiger partial charge in [-0.2, -0.15) is 0 Å². The molecule has 1 aromatic heterocycles. The zero-order valence-electron chi connectivity index (χ0n) is 18.1. The van der Waals surface area contributed by atoms with Gasteiger partial charge in [-0.25, -0.2) is 4.39 Å². The molecule has 2 heterocycles. The molecule has 1 aliphatic heterocycles. The lowest BCUT2D eigenvalue weighted by atomic mass is 10.0. The Morgan fingerprint density at radius 1 is 1.15 bits per heavy atom. The van der Waals surface area contributed by atoms with Crippen molar-refractivity contribution in [3.63, 3.8) is 0 Å². The van der Waals surface area contributed by atoms with Crippen LogP contribution in [0.4, 0.5) is 4.39 Å². The van der Waals surface area contributed by atoms with Crippen molar-refractivity contribution in [2.24, 2.45) is 5.92 Å². The largest absolute Gasteiger partial charge is 0.342 e. The molecule has 0 atom stereocenters. The molecule has 5 rings (SSSR count). The van der Waals surface area contributed by atoms with Gasteiger partial charge in [-0.1, -0.05) is 77.7 Å². The number of nitrogens with zero attached hydrogens (tertiary/aromatic N) is 2. The average molecular weight is 544 g/mol. The minimum atomic E-state index is -0.240. The van der Waals surface area contributed by atoms with Crippen LogP contribution < -0.4 is 0 Å². The van der Waals surface area contributed by atoms with E-state index >= 15 is 0 Å². The van der Waals surface area contributed by atoms with Crippen molar-refractivity contribution in [1.29, 1.82) is 0 Å². The number of hydrogen-bond donors (Lipinski definition) is 0. The van der Waals surface area contributed by atoms with E-state index in [1.165, 1.54) is 49.6 Å². The highest BCUT2D eigenvalue weighted by Gasteiger charge is 2.32. The number of hydrogen-bond acceptors (Lipinski definition) is 3. The Balaban J connectivity index is 1.42. The molecule has 33 heavy (non-hydrogen) atoms. The van der Waals surface area contributed by atoms with E-state index in [0.717, 1.165) is 38.8 Å². The van der Waals surface area contributed by atoms with E-state index in [9.17, 15) is 9.18 Å². The van der Waals surface area contributed by atoms with Crippen LogP contribution >= 0.6 is 39.9 Å². The van der Waals surface area contributed by atoms with Crippen LogP contribution in [0.15, 0.2) is 58.0 Å². The molecule has 2 fully saturated rings. The van der Waals surface area contributed by atoms with Crippen LogP contribution in [0.25, 0.3) is 17.0 Å². The van der Waals surface area contributed by atoms with Crippen LogP contribution in [0.3, 0.4) is 0 Å². The Kier molecular flexibility index (Phi) is 6.72. The van der Waals surface area contributed by atoms with Crippen molar-refractivity contribution in [1.82, 2.24) is 9.47 Å². The van der Waals surface area contributed by atoms with Crippen LogP contribution in [-0.2, 0) is 11.3 Å². The molecule has 2 aliphatic rings. The Morgan fingerprint density at radius 3 is 2.67 bits per heavy atom. The van der Waals surface area contributed by atoms with Gasteiger partial charge in [-0.05, 0) is 54.3 Å². The molecule has 7 heteroatoms. The highest BCUT2D eigenvalue weighted by atomic mass is 79.9. The van der Waals surface area contributed by atoms with E-state index in [-0.39, 0.29) is 11.7 Å². The number of rotatable bonds is 6. The summed E-state index contributed by atoms with van der Waals surface area (Å²) >= 11 is 10.5. The minimum absolute atomic E-state index is 0.0115. The van der Waals surface area contributed by atoms with Gasteiger partial charge < -0.3 is 4.57 Å². The van der Waals surface area contributed by atoms with E-state index in [1.54, 1.807) is 17.0 Å². The maximum atomic E-state index is 13.3. The molecular weight excluding hydrogens is 519 g/mol. The van der Waals surface area contributed by atoms with Crippen molar-refractivity contribution in [3.8, 4) is 0 Å². The molecule has 0 bridgehead atoms. The molecular formula is C26H24BrFN2OS2. The summed E-state index contributed by atoms with van der Waals surface area (Å²) in [6.45, 7) is 1.33. The minimum Gasteiger partial charge on any atom is -0.342 e. The summed E-state index contributed by atoms with van der Waals surface area (Å²) in [6.07, 6.45) is 10.2. The zero-order chi connectivity index (χ0) is 22.9. The molecule has 0 radical (unpaired) electrons. The third-order valence-electron chi connectivity index (χ3n) is 6.54. The second-order valence-corrected chi connectivity index (χ2v) is 11.4. The molecule has 2 aromatic carbocycles. The van der Waals surface area contributed by atoms with Crippen molar-refractivity contribution in [2.45, 2.75) is 38.6 Å². The third-order valence-corrected chi connectivity index (χ3v) is 8.41. The maximum Gasteiger partial charge on any atom is 0.266 e. The average Bonchev–Trinajstić information content (AvgIpc) is 3.49. The first-order chi connectivity index (χ1) is 16.0. The fourth-order valence-corrected chi connectivity index (χ4v) is 6.43. The van der Waals surface area contributed by atoms with E-state index < -0.39 is 0 Å². The number of fused-ring (bicyclic) bond motifs is 1. The van der Waals surface area contributed by atoms with E-state index in [0.29, 0.717) is 22.3 Å². The van der Waals surface area contributed by atoms with Crippen molar-refractivity contribution >= 4 is 67.1 Å². The molecule has 1 amide bonds. The van der Waals surface area contributed by atoms with Gasteiger partial charge in [0.05, 0.1) is 4.91 Å². The highest BCUT2D eigenvalue weighted by Crippen LogP contribution is 2.36. The predicted molar refractivity (Wildman–Crippen MR) is 142 cm³/mol. The Labute approximate surface area is 211 Å². The van der Waals surface area contributed by atoms with Gasteiger partial charge in [0.25, 0.3) is 5.91 Å². The number of halogens is 2. The number of benzene rings is 2. The van der Waals surface area contributed by atoms with Crippen molar-refractivity contribution < 1.29 is 9.18 Å². The number of thiocarbonyl (C=S) groups is 1. The second kappa shape index (κ2) is 9.72. The van der Waals surface area contributed by atoms with Crippen LogP contribution in [0.2, 0.25) is 0 Å². The molecule has 0 unspecified atom stereocenters. The van der Waals surface area contributed by atoms with E-state index in [4.69, 9.17) is 12.2 Å². The molecule has 0 N–H and O–H groups in total. The zero-order valence-corrected chi connectivity index (χ0v) is 21.3. The lowest BCUT2D eigenvalue weighted by Crippen LogP contribution is -2.30. The number of carbonyl (C=O) groups is 1. The summed E-state index contributed by atoms with van der Waals surface area (Å²) in [5.41, 5.74) is 3.05. The van der Waals surface area contributed by atoms with Gasteiger partial charge >= 0.3 is 0 Å². The van der Waals surface area contributed by atoms with E-state index in [1.807, 2.05) is 12.1 Å². The summed E-state index contributed by atoms with van der Waals surface area (Å²) in [5.74, 6) is 0.494. The number of amides is 1. The first kappa shape index (κ1) is 22.8. The maximum absolute atomic E-state index is 13.3. The molecule has 0 spiro atoms. The summed E-state index contributed by atoms with van der Waals surface area (Å²) in [6, 6.07) is 12.7. The van der Waals surface area contributed by atoms with Crippen LogP contribution in [0, 0.1) is 11.7 Å². The third kappa shape index (κ3) is 4.96.